The minimum atomic E-state index is 0.218. The first kappa shape index (κ1) is 8.50. The third-order valence-electron chi connectivity index (χ3n) is 1.85. The highest BCUT2D eigenvalue weighted by molar-refractivity contribution is 5.95. The van der Waals surface area contributed by atoms with E-state index in [9.17, 15) is 9.59 Å². The Morgan fingerprint density at radius 1 is 1.14 bits per heavy atom. The van der Waals surface area contributed by atoms with Gasteiger partial charge in [0.1, 0.15) is 6.26 Å². The summed E-state index contributed by atoms with van der Waals surface area (Å²) in [5.74, 6) is 0.715. The van der Waals surface area contributed by atoms with E-state index in [1.807, 2.05) is 0 Å². The van der Waals surface area contributed by atoms with E-state index >= 15 is 0 Å². The first-order chi connectivity index (χ1) is 6.86. The van der Waals surface area contributed by atoms with Crippen molar-refractivity contribution in [3.05, 3.63) is 35.8 Å². The number of hydrogen-bond acceptors (Lipinski definition) is 4. The van der Waals surface area contributed by atoms with Crippen molar-refractivity contribution in [2.24, 2.45) is 0 Å². The topological polar surface area (TPSA) is 60.4 Å². The molecule has 0 unspecified atom stereocenters. The van der Waals surface area contributed by atoms with Crippen LogP contribution in [0.2, 0.25) is 0 Å². The van der Waals surface area contributed by atoms with Gasteiger partial charge in [0.2, 0.25) is 0 Å². The van der Waals surface area contributed by atoms with Gasteiger partial charge in [-0.2, -0.15) is 0 Å². The monoisotopic (exact) mass is 190 g/mol. The van der Waals surface area contributed by atoms with Crippen LogP contribution in [0.3, 0.4) is 0 Å². The normalized spacial score (nSPS) is 10.0. The van der Waals surface area contributed by atoms with Crippen molar-refractivity contribution >= 4 is 12.6 Å². The van der Waals surface area contributed by atoms with E-state index in [-0.39, 0.29) is 16.9 Å². The molecule has 2 aromatic heterocycles. The second-order valence-corrected chi connectivity index (χ2v) is 2.65. The van der Waals surface area contributed by atoms with Gasteiger partial charge in [0.15, 0.2) is 24.1 Å². The smallest absolute Gasteiger partial charge is 0.180 e. The minimum absolute atomic E-state index is 0.218. The average Bonchev–Trinajstić information content (AvgIpc) is 2.85. The maximum Gasteiger partial charge on any atom is 0.180 e. The van der Waals surface area contributed by atoms with Gasteiger partial charge in [0.25, 0.3) is 0 Å². The zero-order valence-corrected chi connectivity index (χ0v) is 7.10. The number of furan rings is 2. The number of carbonyl (C=O) groups excluding carboxylic acids is 2. The van der Waals surface area contributed by atoms with Gasteiger partial charge in [-0.1, -0.05) is 0 Å². The molecule has 0 saturated heterocycles. The Kier molecular flexibility index (Phi) is 2.02. The Morgan fingerprint density at radius 3 is 2.57 bits per heavy atom. The molecule has 2 rings (SSSR count). The van der Waals surface area contributed by atoms with Crippen LogP contribution in [0.4, 0.5) is 0 Å². The van der Waals surface area contributed by atoms with Gasteiger partial charge in [-0.25, -0.2) is 0 Å². The quantitative estimate of drug-likeness (QED) is 0.696. The molecule has 0 radical (unpaired) electrons. The lowest BCUT2D eigenvalue weighted by molar-refractivity contribution is 0.109. The van der Waals surface area contributed by atoms with Crippen molar-refractivity contribution in [1.82, 2.24) is 0 Å². The highest BCUT2D eigenvalue weighted by atomic mass is 16.4. The number of hydrogen-bond donors (Lipinski definition) is 0. The SMILES string of the molecule is O=Cc1coc(-c2ccco2)c1C=O. The summed E-state index contributed by atoms with van der Waals surface area (Å²) in [4.78, 5) is 21.2. The summed E-state index contributed by atoms with van der Waals surface area (Å²) in [6.07, 6.45) is 3.84. The van der Waals surface area contributed by atoms with Crippen LogP contribution in [0.15, 0.2) is 33.5 Å². The summed E-state index contributed by atoms with van der Waals surface area (Å²) in [7, 11) is 0. The summed E-state index contributed by atoms with van der Waals surface area (Å²) in [6.45, 7) is 0. The van der Waals surface area contributed by atoms with E-state index in [0.717, 1.165) is 0 Å². The molecular formula is C10H6O4. The molecule has 14 heavy (non-hydrogen) atoms. The first-order valence-electron chi connectivity index (χ1n) is 3.92. The fourth-order valence-electron chi connectivity index (χ4n) is 1.19. The van der Waals surface area contributed by atoms with Crippen molar-refractivity contribution in [3.8, 4) is 11.5 Å². The summed E-state index contributed by atoms with van der Waals surface area (Å²) in [5, 5.41) is 0. The van der Waals surface area contributed by atoms with Gasteiger partial charge in [-0.05, 0) is 12.1 Å². The van der Waals surface area contributed by atoms with Crippen LogP contribution in [0.25, 0.3) is 11.5 Å². The molecule has 0 aliphatic carbocycles. The average molecular weight is 190 g/mol. The zero-order chi connectivity index (χ0) is 9.97. The molecule has 0 aliphatic rings. The molecule has 4 nitrogen and oxygen atoms in total. The number of aldehydes is 2. The predicted molar refractivity (Wildman–Crippen MR) is 47.2 cm³/mol. The molecule has 70 valence electrons. The first-order valence-corrected chi connectivity index (χ1v) is 3.92. The van der Waals surface area contributed by atoms with Gasteiger partial charge >= 0.3 is 0 Å². The van der Waals surface area contributed by atoms with E-state index in [4.69, 9.17) is 8.83 Å². The van der Waals surface area contributed by atoms with Crippen molar-refractivity contribution in [2.45, 2.75) is 0 Å². The molecule has 0 spiro atoms. The predicted octanol–water partition coefficient (Wildman–Crippen LogP) is 2.16. The lowest BCUT2D eigenvalue weighted by atomic mass is 10.1. The molecule has 2 heterocycles. The fourth-order valence-corrected chi connectivity index (χ4v) is 1.19. The van der Waals surface area contributed by atoms with E-state index in [1.54, 1.807) is 12.1 Å². The molecule has 0 saturated carbocycles. The van der Waals surface area contributed by atoms with Crippen molar-refractivity contribution < 1.29 is 18.4 Å². The van der Waals surface area contributed by atoms with Gasteiger partial charge in [0, 0.05) is 0 Å². The maximum absolute atomic E-state index is 10.7. The maximum atomic E-state index is 10.7. The third-order valence-corrected chi connectivity index (χ3v) is 1.85. The van der Waals surface area contributed by atoms with Crippen LogP contribution in [-0.4, -0.2) is 12.6 Å². The van der Waals surface area contributed by atoms with E-state index in [1.165, 1.54) is 12.5 Å². The van der Waals surface area contributed by atoms with E-state index < -0.39 is 0 Å². The molecule has 0 N–H and O–H groups in total. The van der Waals surface area contributed by atoms with Crippen LogP contribution in [0, 0.1) is 0 Å². The highest BCUT2D eigenvalue weighted by Crippen LogP contribution is 2.26. The Bertz CT molecular complexity index is 450. The fraction of sp³-hybridized carbons (Fsp3) is 0. The van der Waals surface area contributed by atoms with Crippen molar-refractivity contribution in [2.75, 3.05) is 0 Å². The van der Waals surface area contributed by atoms with Crippen LogP contribution in [0.1, 0.15) is 20.7 Å². The van der Waals surface area contributed by atoms with Crippen LogP contribution in [-0.2, 0) is 0 Å². The summed E-state index contributed by atoms with van der Waals surface area (Å²) in [6, 6.07) is 3.33. The molecule has 0 bridgehead atoms. The zero-order valence-electron chi connectivity index (χ0n) is 7.10. The summed E-state index contributed by atoms with van der Waals surface area (Å²) in [5.41, 5.74) is 0.446. The standard InChI is InChI=1S/C10H6O4/c11-4-7-6-14-10(8(7)5-12)9-2-1-3-13-9/h1-6H. The largest absolute Gasteiger partial charge is 0.461 e. The lowest BCUT2D eigenvalue weighted by Gasteiger charge is -1.90. The summed E-state index contributed by atoms with van der Waals surface area (Å²) < 4.78 is 10.1. The Hall–Kier alpha value is -2.10. The number of carbonyl (C=O) groups is 2. The van der Waals surface area contributed by atoms with Gasteiger partial charge in [0.05, 0.1) is 17.4 Å². The van der Waals surface area contributed by atoms with Crippen molar-refractivity contribution in [3.63, 3.8) is 0 Å². The van der Waals surface area contributed by atoms with Gasteiger partial charge in [-0.15, -0.1) is 0 Å². The lowest BCUT2D eigenvalue weighted by Crippen LogP contribution is -1.86. The number of rotatable bonds is 3. The third kappa shape index (κ3) is 1.17. The molecule has 0 atom stereocenters. The molecule has 0 aliphatic heterocycles. The second kappa shape index (κ2) is 3.33. The minimum Gasteiger partial charge on any atom is -0.461 e. The Morgan fingerprint density at radius 2 is 2.00 bits per heavy atom. The molecule has 0 aromatic carbocycles. The second-order valence-electron chi connectivity index (χ2n) is 2.65. The molecule has 4 heteroatoms. The van der Waals surface area contributed by atoms with Crippen LogP contribution >= 0.6 is 0 Å². The Balaban J connectivity index is 2.59. The van der Waals surface area contributed by atoms with Crippen LogP contribution < -0.4 is 0 Å². The highest BCUT2D eigenvalue weighted by Gasteiger charge is 2.15. The molecule has 0 fully saturated rings. The van der Waals surface area contributed by atoms with E-state index in [0.29, 0.717) is 18.3 Å². The molecule has 2 aromatic rings. The summed E-state index contributed by atoms with van der Waals surface area (Å²) >= 11 is 0. The molecular weight excluding hydrogens is 184 g/mol. The molecule has 0 amide bonds. The van der Waals surface area contributed by atoms with Gasteiger partial charge < -0.3 is 8.83 Å². The van der Waals surface area contributed by atoms with Crippen LogP contribution in [0.5, 0.6) is 0 Å². The van der Waals surface area contributed by atoms with Crippen molar-refractivity contribution in [1.29, 1.82) is 0 Å². The Labute approximate surface area is 79.1 Å². The van der Waals surface area contributed by atoms with E-state index in [2.05, 4.69) is 0 Å². The van der Waals surface area contributed by atoms with Gasteiger partial charge in [-0.3, -0.25) is 9.59 Å².